The molecule has 0 fully saturated rings. The summed E-state index contributed by atoms with van der Waals surface area (Å²) in [4.78, 5) is 0. The molecule has 0 radical (unpaired) electrons. The third-order valence-electron chi connectivity index (χ3n) is 1.55. The van der Waals surface area contributed by atoms with E-state index in [1.165, 1.54) is 0 Å². The van der Waals surface area contributed by atoms with E-state index in [1.54, 1.807) is 19.1 Å². The van der Waals surface area contributed by atoms with Crippen molar-refractivity contribution in [2.75, 3.05) is 5.73 Å². The van der Waals surface area contributed by atoms with Gasteiger partial charge in [0.25, 0.3) is 0 Å². The molecular formula is C8H8Cl2N2. The highest BCUT2D eigenvalue weighted by atomic mass is 35.5. The number of hydrogen-bond donors (Lipinski definition) is 1. The highest BCUT2D eigenvalue weighted by molar-refractivity contribution is 6.32. The molecule has 1 aromatic carbocycles. The molecule has 2 N–H and O–H groups in total. The van der Waals surface area contributed by atoms with Crippen molar-refractivity contribution in [1.82, 2.24) is 0 Å². The van der Waals surface area contributed by atoms with Gasteiger partial charge in [-0.05, 0) is 24.6 Å². The summed E-state index contributed by atoms with van der Waals surface area (Å²) in [6.07, 6.45) is 0. The topological polar surface area (TPSA) is 49.8 Å². The highest BCUT2D eigenvalue weighted by Crippen LogP contribution is 2.24. The summed E-state index contributed by atoms with van der Waals surface area (Å²) in [5, 5.41) is 9.01. The maximum absolute atomic E-state index is 8.56. The Morgan fingerprint density at radius 2 is 2.08 bits per heavy atom. The molecule has 4 heteroatoms. The molecule has 0 saturated carbocycles. The molecule has 0 atom stereocenters. The lowest BCUT2D eigenvalue weighted by Crippen LogP contribution is -1.91. The molecule has 1 rings (SSSR count). The van der Waals surface area contributed by atoms with Crippen LogP contribution in [0.2, 0.25) is 5.02 Å². The van der Waals surface area contributed by atoms with Crippen molar-refractivity contribution in [3.8, 4) is 6.07 Å². The van der Waals surface area contributed by atoms with Gasteiger partial charge in [-0.3, -0.25) is 0 Å². The van der Waals surface area contributed by atoms with Gasteiger partial charge in [-0.25, -0.2) is 0 Å². The molecule has 0 bridgehead atoms. The third-order valence-corrected chi connectivity index (χ3v) is 2.04. The SMILES string of the molecule is Cc1c(N)ccc(C#N)c1Cl.Cl. The molecule has 0 amide bonds. The van der Waals surface area contributed by atoms with E-state index in [2.05, 4.69) is 0 Å². The number of nitrogens with zero attached hydrogens (tertiary/aromatic N) is 1. The molecule has 0 heterocycles. The van der Waals surface area contributed by atoms with Crippen LogP contribution in [0.25, 0.3) is 0 Å². The summed E-state index contributed by atoms with van der Waals surface area (Å²) < 4.78 is 0. The summed E-state index contributed by atoms with van der Waals surface area (Å²) >= 11 is 5.80. The van der Waals surface area contributed by atoms with Gasteiger partial charge in [0.05, 0.1) is 10.6 Å². The van der Waals surface area contributed by atoms with Crippen molar-refractivity contribution < 1.29 is 0 Å². The van der Waals surface area contributed by atoms with E-state index in [-0.39, 0.29) is 12.4 Å². The third kappa shape index (κ3) is 1.82. The van der Waals surface area contributed by atoms with Crippen LogP contribution in [-0.4, -0.2) is 0 Å². The average Bonchev–Trinajstić information content (AvgIpc) is 2.01. The number of benzene rings is 1. The number of anilines is 1. The molecule has 0 aliphatic carbocycles. The predicted molar refractivity (Wildman–Crippen MR) is 52.6 cm³/mol. The number of hydrogen-bond acceptors (Lipinski definition) is 2. The monoisotopic (exact) mass is 202 g/mol. The largest absolute Gasteiger partial charge is 0.398 e. The van der Waals surface area contributed by atoms with Crippen molar-refractivity contribution in [3.63, 3.8) is 0 Å². The first-order valence-corrected chi connectivity index (χ1v) is 3.49. The molecule has 0 aliphatic rings. The van der Waals surface area contributed by atoms with E-state index in [0.717, 1.165) is 5.56 Å². The fraction of sp³-hybridized carbons (Fsp3) is 0.125. The van der Waals surface area contributed by atoms with E-state index in [4.69, 9.17) is 22.6 Å². The van der Waals surface area contributed by atoms with Crippen molar-refractivity contribution in [3.05, 3.63) is 28.3 Å². The minimum absolute atomic E-state index is 0. The van der Waals surface area contributed by atoms with Crippen LogP contribution in [0.1, 0.15) is 11.1 Å². The smallest absolute Gasteiger partial charge is 0.101 e. The molecular weight excluding hydrogens is 195 g/mol. The Labute approximate surface area is 82.4 Å². The van der Waals surface area contributed by atoms with Crippen LogP contribution in [-0.2, 0) is 0 Å². The second-order valence-corrected chi connectivity index (χ2v) is 2.63. The second kappa shape index (κ2) is 4.20. The van der Waals surface area contributed by atoms with Gasteiger partial charge >= 0.3 is 0 Å². The first-order valence-electron chi connectivity index (χ1n) is 3.11. The van der Waals surface area contributed by atoms with E-state index < -0.39 is 0 Å². The van der Waals surface area contributed by atoms with Crippen molar-refractivity contribution >= 4 is 29.7 Å². The Morgan fingerprint density at radius 3 is 2.58 bits per heavy atom. The van der Waals surface area contributed by atoms with Crippen molar-refractivity contribution in [2.45, 2.75) is 6.92 Å². The van der Waals surface area contributed by atoms with E-state index >= 15 is 0 Å². The van der Waals surface area contributed by atoms with Gasteiger partial charge in [-0.2, -0.15) is 5.26 Å². The highest BCUT2D eigenvalue weighted by Gasteiger charge is 2.04. The van der Waals surface area contributed by atoms with Crippen molar-refractivity contribution in [2.24, 2.45) is 0 Å². The van der Waals surface area contributed by atoms with Gasteiger partial charge in [0, 0.05) is 5.69 Å². The molecule has 0 unspecified atom stereocenters. The number of rotatable bonds is 0. The van der Waals surface area contributed by atoms with Crippen LogP contribution < -0.4 is 5.73 Å². The van der Waals surface area contributed by atoms with Gasteiger partial charge in [-0.1, -0.05) is 11.6 Å². The minimum atomic E-state index is 0. The van der Waals surface area contributed by atoms with Gasteiger partial charge in [0.15, 0.2) is 0 Å². The molecule has 0 saturated heterocycles. The second-order valence-electron chi connectivity index (χ2n) is 2.25. The van der Waals surface area contributed by atoms with Gasteiger partial charge in [-0.15, -0.1) is 12.4 Å². The Hall–Kier alpha value is -0.910. The zero-order chi connectivity index (χ0) is 8.43. The molecule has 1 aromatic rings. The lowest BCUT2D eigenvalue weighted by molar-refractivity contribution is 1.42. The zero-order valence-corrected chi connectivity index (χ0v) is 8.04. The van der Waals surface area contributed by atoms with Gasteiger partial charge in [0.1, 0.15) is 6.07 Å². The first kappa shape index (κ1) is 11.1. The zero-order valence-electron chi connectivity index (χ0n) is 6.47. The molecule has 0 aromatic heterocycles. The predicted octanol–water partition coefficient (Wildman–Crippen LogP) is 2.52. The summed E-state index contributed by atoms with van der Waals surface area (Å²) in [6.45, 7) is 1.79. The van der Waals surface area contributed by atoms with Crippen LogP contribution >= 0.6 is 24.0 Å². The standard InChI is InChI=1S/C8H7ClN2.ClH/c1-5-7(11)3-2-6(4-10)8(5)9;/h2-3H,11H2,1H3;1H. The Morgan fingerprint density at radius 1 is 1.50 bits per heavy atom. The summed E-state index contributed by atoms with van der Waals surface area (Å²) in [5.41, 5.74) is 7.41. The van der Waals surface area contributed by atoms with Crippen LogP contribution in [0.15, 0.2) is 12.1 Å². The van der Waals surface area contributed by atoms with Crippen molar-refractivity contribution in [1.29, 1.82) is 5.26 Å². The fourth-order valence-corrected chi connectivity index (χ4v) is 1.00. The lowest BCUT2D eigenvalue weighted by Gasteiger charge is -2.02. The first-order chi connectivity index (χ1) is 5.16. The number of nitrogen functional groups attached to an aromatic ring is 1. The summed E-state index contributed by atoms with van der Waals surface area (Å²) in [7, 11) is 0. The van der Waals surface area contributed by atoms with Crippen LogP contribution in [0.4, 0.5) is 5.69 Å². The van der Waals surface area contributed by atoms with E-state index in [1.807, 2.05) is 6.07 Å². The van der Waals surface area contributed by atoms with E-state index in [0.29, 0.717) is 16.3 Å². The Kier molecular flexibility index (Phi) is 3.88. The van der Waals surface area contributed by atoms with Gasteiger partial charge < -0.3 is 5.73 Å². The minimum Gasteiger partial charge on any atom is -0.398 e. The molecule has 2 nitrogen and oxygen atoms in total. The quantitative estimate of drug-likeness (QED) is 0.658. The Bertz CT molecular complexity index is 329. The molecule has 0 spiro atoms. The normalized spacial score (nSPS) is 8.42. The van der Waals surface area contributed by atoms with Crippen LogP contribution in [0, 0.1) is 18.3 Å². The average molecular weight is 203 g/mol. The summed E-state index contributed by atoms with van der Waals surface area (Å²) in [6, 6.07) is 5.27. The number of nitrogens with two attached hydrogens (primary N) is 1. The number of halogens is 2. The maximum atomic E-state index is 8.56. The number of nitriles is 1. The van der Waals surface area contributed by atoms with Crippen LogP contribution in [0.3, 0.4) is 0 Å². The van der Waals surface area contributed by atoms with Crippen LogP contribution in [0.5, 0.6) is 0 Å². The molecule has 64 valence electrons. The molecule has 0 aliphatic heterocycles. The van der Waals surface area contributed by atoms with E-state index in [9.17, 15) is 0 Å². The summed E-state index contributed by atoms with van der Waals surface area (Å²) in [5.74, 6) is 0. The molecule has 12 heavy (non-hydrogen) atoms. The van der Waals surface area contributed by atoms with Gasteiger partial charge in [0.2, 0.25) is 0 Å². The fourth-order valence-electron chi connectivity index (χ4n) is 0.786. The maximum Gasteiger partial charge on any atom is 0.101 e. The lowest BCUT2D eigenvalue weighted by atomic mass is 10.1. The Balaban J connectivity index is 0.00000121.